The Kier molecular flexibility index (Phi) is 8.56. The van der Waals surface area contributed by atoms with Crippen molar-refractivity contribution >= 4 is 28.8 Å². The van der Waals surface area contributed by atoms with E-state index in [2.05, 4.69) is 22.2 Å². The van der Waals surface area contributed by atoms with Crippen molar-refractivity contribution in [2.45, 2.75) is 85.2 Å². The molecule has 1 aromatic carbocycles. The number of hydrogen-bond donors (Lipinski definition) is 3. The van der Waals surface area contributed by atoms with Crippen LogP contribution in [0.4, 0.5) is 0 Å². The lowest BCUT2D eigenvalue weighted by molar-refractivity contribution is -0.143. The second kappa shape index (κ2) is 11.2. The van der Waals surface area contributed by atoms with Crippen LogP contribution in [0.1, 0.15) is 85.0 Å². The van der Waals surface area contributed by atoms with E-state index in [4.69, 9.17) is 5.73 Å². The number of amides is 3. The highest BCUT2D eigenvalue weighted by molar-refractivity contribution is 5.91. The molecule has 1 aromatic heterocycles. The molecule has 4 N–H and O–H groups in total. The fourth-order valence-electron chi connectivity index (χ4n) is 5.14. The minimum absolute atomic E-state index is 0.0289. The second-order valence-electron chi connectivity index (χ2n) is 11.1. The lowest BCUT2D eigenvalue weighted by Gasteiger charge is -2.37. The number of fused-ring (bicyclic) bond motifs is 1. The van der Waals surface area contributed by atoms with Crippen molar-refractivity contribution < 1.29 is 14.4 Å². The maximum Gasteiger partial charge on any atom is 0.225 e. The smallest absolute Gasteiger partial charge is 0.225 e. The molecule has 0 aliphatic carbocycles. The van der Waals surface area contributed by atoms with E-state index in [0.717, 1.165) is 36.7 Å². The van der Waals surface area contributed by atoms with E-state index in [1.165, 1.54) is 0 Å². The molecule has 1 aliphatic rings. The molecule has 3 amide bonds. The molecule has 192 valence electrons. The summed E-state index contributed by atoms with van der Waals surface area (Å²) in [5.41, 5.74) is 7.28. The summed E-state index contributed by atoms with van der Waals surface area (Å²) in [7, 11) is 0. The van der Waals surface area contributed by atoms with Crippen LogP contribution in [0.25, 0.3) is 11.0 Å². The SMILES string of the molecule is CC[C@H]1CCCCN1C(=O)C[C@H](C(=O)N[C@@H](C)c1nc2ccccc2[nH]1)C(CC(C)(C)C)C(N)=O. The van der Waals surface area contributed by atoms with Gasteiger partial charge in [0.1, 0.15) is 5.82 Å². The van der Waals surface area contributed by atoms with Gasteiger partial charge in [-0.1, -0.05) is 39.8 Å². The number of hydrogen-bond acceptors (Lipinski definition) is 4. The fourth-order valence-corrected chi connectivity index (χ4v) is 5.14. The van der Waals surface area contributed by atoms with Crippen LogP contribution in [0, 0.1) is 17.3 Å². The quantitative estimate of drug-likeness (QED) is 0.498. The number of aromatic nitrogens is 2. The summed E-state index contributed by atoms with van der Waals surface area (Å²) in [6.45, 7) is 10.6. The summed E-state index contributed by atoms with van der Waals surface area (Å²) < 4.78 is 0. The number of carbonyl (C=O) groups excluding carboxylic acids is 3. The Balaban J connectivity index is 1.84. The van der Waals surface area contributed by atoms with Gasteiger partial charge in [0.2, 0.25) is 17.7 Å². The van der Waals surface area contributed by atoms with Crippen LogP contribution in [-0.4, -0.2) is 45.2 Å². The van der Waals surface area contributed by atoms with Gasteiger partial charge in [0.25, 0.3) is 0 Å². The number of nitrogens with one attached hydrogen (secondary N) is 2. The predicted molar refractivity (Wildman–Crippen MR) is 137 cm³/mol. The highest BCUT2D eigenvalue weighted by atomic mass is 16.2. The first-order valence-corrected chi connectivity index (χ1v) is 12.8. The number of imidazole rings is 1. The van der Waals surface area contributed by atoms with Crippen molar-refractivity contribution in [3.63, 3.8) is 0 Å². The highest BCUT2D eigenvalue weighted by Crippen LogP contribution is 2.32. The molecule has 3 rings (SSSR count). The predicted octanol–water partition coefficient (Wildman–Crippen LogP) is 4.08. The third kappa shape index (κ3) is 6.83. The van der Waals surface area contributed by atoms with Crippen molar-refractivity contribution in [1.82, 2.24) is 20.2 Å². The van der Waals surface area contributed by atoms with Crippen LogP contribution < -0.4 is 11.1 Å². The van der Waals surface area contributed by atoms with Gasteiger partial charge >= 0.3 is 0 Å². The lowest BCUT2D eigenvalue weighted by Crippen LogP contribution is -2.48. The summed E-state index contributed by atoms with van der Waals surface area (Å²) in [4.78, 5) is 49.3. The molecule has 8 nitrogen and oxygen atoms in total. The Morgan fingerprint density at radius 3 is 2.54 bits per heavy atom. The normalized spacial score (nSPS) is 19.2. The Morgan fingerprint density at radius 1 is 1.20 bits per heavy atom. The minimum atomic E-state index is -0.842. The van der Waals surface area contributed by atoms with Gasteiger partial charge in [-0.2, -0.15) is 0 Å². The van der Waals surface area contributed by atoms with Gasteiger partial charge in [-0.25, -0.2) is 4.98 Å². The molecule has 1 fully saturated rings. The number of nitrogens with zero attached hydrogens (tertiary/aromatic N) is 2. The summed E-state index contributed by atoms with van der Waals surface area (Å²) in [6.07, 6.45) is 4.32. The van der Waals surface area contributed by atoms with E-state index in [1.807, 2.05) is 56.9 Å². The van der Waals surface area contributed by atoms with Crippen molar-refractivity contribution in [1.29, 1.82) is 0 Å². The maximum atomic E-state index is 13.6. The van der Waals surface area contributed by atoms with E-state index in [1.54, 1.807) is 0 Å². The van der Waals surface area contributed by atoms with Crippen LogP contribution in [0.5, 0.6) is 0 Å². The number of rotatable bonds is 9. The second-order valence-corrected chi connectivity index (χ2v) is 11.1. The van der Waals surface area contributed by atoms with E-state index < -0.39 is 23.8 Å². The molecule has 35 heavy (non-hydrogen) atoms. The number of benzene rings is 1. The summed E-state index contributed by atoms with van der Waals surface area (Å²) in [6, 6.07) is 7.42. The molecular weight excluding hydrogens is 442 g/mol. The molecule has 1 unspecified atom stereocenters. The molecule has 0 spiro atoms. The highest BCUT2D eigenvalue weighted by Gasteiger charge is 2.39. The first-order valence-electron chi connectivity index (χ1n) is 12.8. The molecule has 2 heterocycles. The van der Waals surface area contributed by atoms with Crippen molar-refractivity contribution in [2.75, 3.05) is 6.54 Å². The van der Waals surface area contributed by atoms with Crippen LogP contribution in [-0.2, 0) is 14.4 Å². The van der Waals surface area contributed by atoms with Gasteiger partial charge in [0, 0.05) is 19.0 Å². The Labute approximate surface area is 208 Å². The number of likely N-dealkylation sites (tertiary alicyclic amines) is 1. The Hall–Kier alpha value is -2.90. The molecule has 0 bridgehead atoms. The molecule has 4 atom stereocenters. The number of H-pyrrole nitrogens is 1. The molecule has 1 saturated heterocycles. The molecule has 8 heteroatoms. The van der Waals surface area contributed by atoms with Crippen LogP contribution >= 0.6 is 0 Å². The molecule has 0 radical (unpaired) electrons. The number of carbonyl (C=O) groups is 3. The van der Waals surface area contributed by atoms with Gasteiger partial charge in [0.15, 0.2) is 0 Å². The van der Waals surface area contributed by atoms with E-state index >= 15 is 0 Å². The third-order valence-corrected chi connectivity index (χ3v) is 7.01. The van der Waals surface area contributed by atoms with Gasteiger partial charge in [-0.15, -0.1) is 0 Å². The van der Waals surface area contributed by atoms with Gasteiger partial charge < -0.3 is 20.9 Å². The topological polar surface area (TPSA) is 121 Å². The van der Waals surface area contributed by atoms with Crippen LogP contribution in [0.15, 0.2) is 24.3 Å². The van der Waals surface area contributed by atoms with Crippen molar-refractivity contribution in [2.24, 2.45) is 23.0 Å². The van der Waals surface area contributed by atoms with Crippen molar-refractivity contribution in [3.8, 4) is 0 Å². The van der Waals surface area contributed by atoms with Crippen molar-refractivity contribution in [3.05, 3.63) is 30.1 Å². The average molecular weight is 484 g/mol. The standard InChI is InChI=1S/C27H41N5O3/c1-6-18-11-9-10-14-32(18)23(33)15-19(20(24(28)34)16-27(3,4)5)26(35)29-17(2)25-30-21-12-7-8-13-22(21)31-25/h7-8,12-13,17-20H,6,9-11,14-16H2,1-5H3,(H2,28,34)(H,29,35)(H,30,31)/t17-,18-,19-,20?/m0/s1. The zero-order chi connectivity index (χ0) is 25.8. The summed E-state index contributed by atoms with van der Waals surface area (Å²) in [5.74, 6) is -1.93. The molecule has 1 aliphatic heterocycles. The molecular formula is C27H41N5O3. The zero-order valence-corrected chi connectivity index (χ0v) is 21.8. The first kappa shape index (κ1) is 26.7. The number of piperidine rings is 1. The van der Waals surface area contributed by atoms with Crippen LogP contribution in [0.3, 0.4) is 0 Å². The maximum absolute atomic E-state index is 13.6. The minimum Gasteiger partial charge on any atom is -0.369 e. The van der Waals surface area contributed by atoms with E-state index in [0.29, 0.717) is 18.8 Å². The number of para-hydroxylation sites is 2. The average Bonchev–Trinajstić information content (AvgIpc) is 3.25. The monoisotopic (exact) mass is 483 g/mol. The molecule has 2 aromatic rings. The third-order valence-electron chi connectivity index (χ3n) is 7.01. The van der Waals surface area contributed by atoms with E-state index in [-0.39, 0.29) is 29.7 Å². The fraction of sp³-hybridized carbons (Fsp3) is 0.630. The summed E-state index contributed by atoms with van der Waals surface area (Å²) in [5, 5.41) is 3.00. The molecule has 0 saturated carbocycles. The van der Waals surface area contributed by atoms with Crippen LogP contribution in [0.2, 0.25) is 0 Å². The number of nitrogens with two attached hydrogens (primary N) is 1. The van der Waals surface area contributed by atoms with Gasteiger partial charge in [0.05, 0.1) is 28.9 Å². The summed E-state index contributed by atoms with van der Waals surface area (Å²) >= 11 is 0. The number of aromatic amines is 1. The zero-order valence-electron chi connectivity index (χ0n) is 21.8. The first-order chi connectivity index (χ1) is 16.5. The lowest BCUT2D eigenvalue weighted by atomic mass is 9.76. The number of primary amides is 1. The van der Waals surface area contributed by atoms with Gasteiger partial charge in [-0.05, 0) is 56.6 Å². The largest absolute Gasteiger partial charge is 0.369 e. The van der Waals surface area contributed by atoms with Gasteiger partial charge in [-0.3, -0.25) is 14.4 Å². The Bertz CT molecular complexity index is 1010. The van der Waals surface area contributed by atoms with E-state index in [9.17, 15) is 14.4 Å². The Morgan fingerprint density at radius 2 is 1.91 bits per heavy atom.